The van der Waals surface area contributed by atoms with E-state index in [1.807, 2.05) is 0 Å². The van der Waals surface area contributed by atoms with Gasteiger partial charge in [0.2, 0.25) is 0 Å². The first-order valence-corrected chi connectivity index (χ1v) is 6.93. The normalized spacial score (nSPS) is 12.0. The molecule has 0 saturated carbocycles. The van der Waals surface area contributed by atoms with Gasteiger partial charge in [-0.05, 0) is 13.3 Å². The summed E-state index contributed by atoms with van der Waals surface area (Å²) < 4.78 is 4.70. The minimum atomic E-state index is -0.389. The van der Waals surface area contributed by atoms with Gasteiger partial charge in [0.25, 0.3) is 0 Å². The van der Waals surface area contributed by atoms with Crippen LogP contribution in [0.5, 0.6) is 0 Å². The van der Waals surface area contributed by atoms with Gasteiger partial charge >= 0.3 is 5.97 Å². The standard InChI is InChI=1S/C8H14Cl2O2Si/c1-2-4-7(11)12-5-3-6-13-8(9)10/h2,4,8H,3,5-6,13H2,1H3. The summed E-state index contributed by atoms with van der Waals surface area (Å²) in [5.41, 5.74) is 0. The summed E-state index contributed by atoms with van der Waals surface area (Å²) in [6, 6.07) is 1.01. The van der Waals surface area contributed by atoms with Crippen molar-refractivity contribution in [3.8, 4) is 0 Å². The van der Waals surface area contributed by atoms with Gasteiger partial charge in [-0.25, -0.2) is 4.79 Å². The van der Waals surface area contributed by atoms with Crippen molar-refractivity contribution < 1.29 is 9.53 Å². The van der Waals surface area contributed by atoms with Crippen LogP contribution in [0.4, 0.5) is 0 Å². The lowest BCUT2D eigenvalue weighted by Gasteiger charge is -2.01. The fraction of sp³-hybridized carbons (Fsp3) is 0.625. The lowest BCUT2D eigenvalue weighted by molar-refractivity contribution is -0.137. The van der Waals surface area contributed by atoms with Crippen LogP contribution in [-0.4, -0.2) is 26.6 Å². The molecule has 0 aromatic carbocycles. The lowest BCUT2D eigenvalue weighted by atomic mass is 10.5. The molecule has 0 aliphatic heterocycles. The molecule has 2 nitrogen and oxygen atoms in total. The molecular weight excluding hydrogens is 227 g/mol. The summed E-state index contributed by atoms with van der Waals surface area (Å²) in [6.07, 6.45) is 3.93. The number of carbonyl (C=O) groups is 1. The van der Waals surface area contributed by atoms with Crippen LogP contribution in [0.1, 0.15) is 13.3 Å². The van der Waals surface area contributed by atoms with Crippen molar-refractivity contribution in [3.63, 3.8) is 0 Å². The Balaban J connectivity index is 3.21. The van der Waals surface area contributed by atoms with Crippen molar-refractivity contribution in [2.45, 2.75) is 23.8 Å². The SMILES string of the molecule is CC=CC(=O)OCCC[SiH2]C(Cl)Cl. The molecule has 0 fully saturated rings. The smallest absolute Gasteiger partial charge is 0.330 e. The molecule has 0 spiro atoms. The molecule has 0 heterocycles. The number of rotatable bonds is 6. The number of alkyl halides is 2. The lowest BCUT2D eigenvalue weighted by Crippen LogP contribution is -2.06. The number of esters is 1. The number of hydrogen-bond acceptors (Lipinski definition) is 2. The summed E-state index contributed by atoms with van der Waals surface area (Å²) in [5, 5.41) is 0. The fourth-order valence-corrected chi connectivity index (χ4v) is 2.48. The molecule has 0 aliphatic carbocycles. The van der Waals surface area contributed by atoms with Crippen molar-refractivity contribution in [1.82, 2.24) is 0 Å². The summed E-state index contributed by atoms with van der Waals surface area (Å²) in [7, 11) is -0.389. The monoisotopic (exact) mass is 240 g/mol. The van der Waals surface area contributed by atoms with Gasteiger partial charge in [0.05, 0.1) is 20.6 Å². The third-order valence-electron chi connectivity index (χ3n) is 1.36. The van der Waals surface area contributed by atoms with E-state index >= 15 is 0 Å². The Hall–Kier alpha value is 0.00688. The Labute approximate surface area is 91.1 Å². The maximum atomic E-state index is 10.8. The van der Waals surface area contributed by atoms with E-state index in [1.165, 1.54) is 6.08 Å². The van der Waals surface area contributed by atoms with E-state index in [0.29, 0.717) is 6.61 Å². The molecule has 0 aromatic heterocycles. The molecule has 0 saturated heterocycles. The first-order chi connectivity index (χ1) is 6.16. The van der Waals surface area contributed by atoms with Crippen molar-refractivity contribution >= 4 is 38.7 Å². The molecule has 0 bridgehead atoms. The Morgan fingerprint density at radius 1 is 1.62 bits per heavy atom. The molecule has 13 heavy (non-hydrogen) atoms. The quantitative estimate of drug-likeness (QED) is 0.233. The van der Waals surface area contributed by atoms with E-state index in [1.54, 1.807) is 13.0 Å². The van der Waals surface area contributed by atoms with Gasteiger partial charge in [-0.3, -0.25) is 0 Å². The van der Waals surface area contributed by atoms with E-state index < -0.39 is 0 Å². The second-order valence-corrected chi connectivity index (χ2v) is 6.97. The Bertz CT molecular complexity index is 172. The molecule has 5 heteroatoms. The molecular formula is C8H14Cl2O2Si. The predicted molar refractivity (Wildman–Crippen MR) is 59.2 cm³/mol. The van der Waals surface area contributed by atoms with Gasteiger partial charge in [0.1, 0.15) is 0 Å². The van der Waals surface area contributed by atoms with Gasteiger partial charge in [-0.2, -0.15) is 0 Å². The third-order valence-corrected chi connectivity index (χ3v) is 4.02. The molecule has 0 aromatic rings. The molecule has 76 valence electrons. The molecule has 0 amide bonds. The van der Waals surface area contributed by atoms with Crippen LogP contribution in [0.3, 0.4) is 0 Å². The van der Waals surface area contributed by atoms with Crippen molar-refractivity contribution in [2.24, 2.45) is 0 Å². The average molecular weight is 241 g/mol. The summed E-state index contributed by atoms with van der Waals surface area (Å²) >= 11 is 11.2. The van der Waals surface area contributed by atoms with Crippen LogP contribution in [-0.2, 0) is 9.53 Å². The van der Waals surface area contributed by atoms with Crippen LogP contribution in [0.2, 0.25) is 6.04 Å². The van der Waals surface area contributed by atoms with E-state index in [-0.39, 0.29) is 19.9 Å². The van der Waals surface area contributed by atoms with E-state index in [4.69, 9.17) is 27.9 Å². The number of carbonyl (C=O) groups excluding carboxylic acids is 1. The first kappa shape index (κ1) is 13.0. The van der Waals surface area contributed by atoms with E-state index in [0.717, 1.165) is 12.5 Å². The van der Waals surface area contributed by atoms with Crippen molar-refractivity contribution in [2.75, 3.05) is 6.61 Å². The highest BCUT2D eigenvalue weighted by atomic mass is 35.5. The van der Waals surface area contributed by atoms with Gasteiger partial charge in [-0.15, -0.1) is 23.2 Å². The Morgan fingerprint density at radius 3 is 2.85 bits per heavy atom. The van der Waals surface area contributed by atoms with Crippen molar-refractivity contribution in [1.29, 1.82) is 0 Å². The van der Waals surface area contributed by atoms with Gasteiger partial charge in [0.15, 0.2) is 0 Å². The second kappa shape index (κ2) is 8.60. The number of hydrogen-bond donors (Lipinski definition) is 0. The van der Waals surface area contributed by atoms with Crippen LogP contribution < -0.4 is 0 Å². The van der Waals surface area contributed by atoms with Crippen LogP contribution >= 0.6 is 23.2 Å². The third kappa shape index (κ3) is 9.92. The first-order valence-electron chi connectivity index (χ1n) is 4.24. The zero-order valence-corrected chi connectivity index (χ0v) is 10.6. The summed E-state index contributed by atoms with van der Waals surface area (Å²) in [6.45, 7) is 2.25. The largest absolute Gasteiger partial charge is 0.463 e. The highest BCUT2D eigenvalue weighted by Gasteiger charge is 2.00. The predicted octanol–water partition coefficient (Wildman–Crippen LogP) is 1.84. The van der Waals surface area contributed by atoms with Crippen LogP contribution in [0.15, 0.2) is 12.2 Å². The minimum Gasteiger partial charge on any atom is -0.463 e. The molecule has 0 N–H and O–H groups in total. The molecule has 0 radical (unpaired) electrons. The fourth-order valence-electron chi connectivity index (χ4n) is 0.758. The number of halogens is 2. The van der Waals surface area contributed by atoms with Crippen LogP contribution in [0.25, 0.3) is 0 Å². The summed E-state index contributed by atoms with van der Waals surface area (Å²) in [5.74, 6) is -0.280. The van der Waals surface area contributed by atoms with E-state index in [2.05, 4.69) is 0 Å². The zero-order valence-electron chi connectivity index (χ0n) is 7.63. The number of ether oxygens (including phenoxy) is 1. The average Bonchev–Trinajstić information content (AvgIpc) is 2.03. The van der Waals surface area contributed by atoms with Gasteiger partial charge in [-0.1, -0.05) is 12.1 Å². The van der Waals surface area contributed by atoms with Gasteiger partial charge in [0, 0.05) is 6.08 Å². The molecule has 0 unspecified atom stereocenters. The molecule has 0 rings (SSSR count). The molecule has 0 aliphatic rings. The maximum absolute atomic E-state index is 10.8. The summed E-state index contributed by atoms with van der Waals surface area (Å²) in [4.78, 5) is 10.8. The zero-order chi connectivity index (χ0) is 10.1. The highest BCUT2D eigenvalue weighted by Crippen LogP contribution is 2.03. The number of allylic oxidation sites excluding steroid dienone is 1. The van der Waals surface area contributed by atoms with E-state index in [9.17, 15) is 4.79 Å². The van der Waals surface area contributed by atoms with Crippen molar-refractivity contribution in [3.05, 3.63) is 12.2 Å². The Kier molecular flexibility index (Phi) is 8.60. The minimum absolute atomic E-state index is 0.175. The maximum Gasteiger partial charge on any atom is 0.330 e. The molecule has 0 atom stereocenters. The van der Waals surface area contributed by atoms with Gasteiger partial charge < -0.3 is 4.74 Å². The second-order valence-electron chi connectivity index (χ2n) is 2.55. The highest BCUT2D eigenvalue weighted by molar-refractivity contribution is 6.68. The Morgan fingerprint density at radius 2 is 2.31 bits per heavy atom. The van der Waals surface area contributed by atoms with Crippen LogP contribution in [0, 0.1) is 0 Å². The topological polar surface area (TPSA) is 26.3 Å².